The monoisotopic (exact) mass is 404 g/mol. The second kappa shape index (κ2) is 12.1. The molecule has 6 nitrogen and oxygen atoms in total. The maximum absolute atomic E-state index is 12.5. The molecule has 0 radical (unpaired) electrons. The van der Waals surface area contributed by atoms with Crippen LogP contribution >= 0.6 is 24.8 Å². The molecular weight excluding hydrogens is 375 g/mol. The topological polar surface area (TPSA) is 64.7 Å². The maximum Gasteiger partial charge on any atom is 0.253 e. The molecule has 148 valence electrons. The van der Waals surface area contributed by atoms with Gasteiger partial charge >= 0.3 is 0 Å². The summed E-state index contributed by atoms with van der Waals surface area (Å²) < 4.78 is 0. The Hall–Kier alpha value is -1.34. The van der Waals surface area contributed by atoms with Crippen LogP contribution in [0.1, 0.15) is 31.1 Å². The third-order valence-corrected chi connectivity index (χ3v) is 4.51. The highest BCUT2D eigenvalue weighted by molar-refractivity contribution is 5.98. The molecule has 8 heteroatoms. The van der Waals surface area contributed by atoms with E-state index < -0.39 is 0 Å². The van der Waals surface area contributed by atoms with Gasteiger partial charge in [-0.1, -0.05) is 6.07 Å². The van der Waals surface area contributed by atoms with E-state index in [1.54, 1.807) is 17.0 Å². The average molecular weight is 405 g/mol. The predicted molar refractivity (Wildman–Crippen MR) is 111 cm³/mol. The highest BCUT2D eigenvalue weighted by Gasteiger charge is 2.23. The van der Waals surface area contributed by atoms with Gasteiger partial charge in [-0.05, 0) is 39.0 Å². The molecule has 1 aliphatic rings. The Kier molecular flexibility index (Phi) is 11.5. The summed E-state index contributed by atoms with van der Waals surface area (Å²) in [4.78, 5) is 28.8. The third-order valence-electron chi connectivity index (χ3n) is 4.51. The van der Waals surface area contributed by atoms with E-state index >= 15 is 0 Å². The summed E-state index contributed by atoms with van der Waals surface area (Å²) in [7, 11) is 0. The number of carbonyl (C=O) groups excluding carboxylic acids is 2. The Morgan fingerprint density at radius 3 is 2.38 bits per heavy atom. The van der Waals surface area contributed by atoms with Crippen LogP contribution in [0, 0.1) is 0 Å². The molecule has 26 heavy (non-hydrogen) atoms. The Morgan fingerprint density at radius 2 is 1.81 bits per heavy atom. The average Bonchev–Trinajstić information content (AvgIpc) is 2.63. The van der Waals surface area contributed by atoms with Crippen LogP contribution in [0.4, 0.5) is 5.69 Å². The molecule has 2 N–H and O–H groups in total. The number of carbonyl (C=O) groups is 2. The van der Waals surface area contributed by atoms with Crippen molar-refractivity contribution in [3.63, 3.8) is 0 Å². The van der Waals surface area contributed by atoms with Crippen molar-refractivity contribution in [2.45, 2.75) is 26.8 Å². The maximum atomic E-state index is 12.5. The van der Waals surface area contributed by atoms with E-state index in [0.29, 0.717) is 24.3 Å². The van der Waals surface area contributed by atoms with Crippen LogP contribution < -0.4 is 10.6 Å². The van der Waals surface area contributed by atoms with Crippen LogP contribution in [0.5, 0.6) is 0 Å². The van der Waals surface area contributed by atoms with Gasteiger partial charge in [-0.25, -0.2) is 0 Å². The Balaban J connectivity index is 0.00000312. The Bertz CT molecular complexity index is 576. The van der Waals surface area contributed by atoms with E-state index in [1.807, 2.05) is 32.9 Å². The summed E-state index contributed by atoms with van der Waals surface area (Å²) >= 11 is 0. The van der Waals surface area contributed by atoms with Crippen molar-refractivity contribution in [3.8, 4) is 0 Å². The lowest BCUT2D eigenvalue weighted by molar-refractivity contribution is -0.120. The van der Waals surface area contributed by atoms with Crippen molar-refractivity contribution in [2.24, 2.45) is 0 Å². The molecule has 1 saturated heterocycles. The second-order valence-electron chi connectivity index (χ2n) is 6.01. The van der Waals surface area contributed by atoms with E-state index in [9.17, 15) is 9.59 Å². The number of nitrogens with zero attached hydrogens (tertiary/aromatic N) is 2. The zero-order valence-corrected chi connectivity index (χ0v) is 17.3. The van der Waals surface area contributed by atoms with Gasteiger partial charge in [0.1, 0.15) is 0 Å². The predicted octanol–water partition coefficient (Wildman–Crippen LogP) is 2.24. The van der Waals surface area contributed by atoms with Crippen molar-refractivity contribution in [2.75, 3.05) is 44.6 Å². The van der Waals surface area contributed by atoms with E-state index in [4.69, 9.17) is 0 Å². The lowest BCUT2D eigenvalue weighted by atomic mass is 10.1. The lowest BCUT2D eigenvalue weighted by Crippen LogP contribution is -2.51. The fraction of sp³-hybridized carbons (Fsp3) is 0.556. The van der Waals surface area contributed by atoms with Crippen molar-refractivity contribution in [3.05, 3.63) is 29.8 Å². The van der Waals surface area contributed by atoms with Gasteiger partial charge < -0.3 is 15.5 Å². The fourth-order valence-electron chi connectivity index (χ4n) is 2.91. The van der Waals surface area contributed by atoms with Crippen LogP contribution in [0.25, 0.3) is 0 Å². The number of hydrogen-bond donors (Lipinski definition) is 2. The van der Waals surface area contributed by atoms with Gasteiger partial charge in [-0.2, -0.15) is 0 Å². The normalized spacial score (nSPS) is 15.2. The highest BCUT2D eigenvalue weighted by Crippen LogP contribution is 2.14. The van der Waals surface area contributed by atoms with Crippen LogP contribution in [-0.4, -0.2) is 66.9 Å². The summed E-state index contributed by atoms with van der Waals surface area (Å²) in [5, 5.41) is 6.22. The van der Waals surface area contributed by atoms with Crippen LogP contribution in [0.3, 0.4) is 0 Å². The van der Waals surface area contributed by atoms with Gasteiger partial charge in [0, 0.05) is 50.5 Å². The van der Waals surface area contributed by atoms with Crippen LogP contribution in [0.2, 0.25) is 0 Å². The van der Waals surface area contributed by atoms with Gasteiger partial charge in [-0.15, -0.1) is 24.8 Å². The molecule has 1 unspecified atom stereocenters. The summed E-state index contributed by atoms with van der Waals surface area (Å²) in [6.45, 7) is 10.7. The third kappa shape index (κ3) is 6.43. The highest BCUT2D eigenvalue weighted by atomic mass is 35.5. The first-order chi connectivity index (χ1) is 11.6. The van der Waals surface area contributed by atoms with Crippen molar-refractivity contribution >= 4 is 42.3 Å². The summed E-state index contributed by atoms with van der Waals surface area (Å²) in [5.74, 6) is -0.0457. The van der Waals surface area contributed by atoms with Gasteiger partial charge in [0.05, 0.1) is 6.04 Å². The fourth-order valence-corrected chi connectivity index (χ4v) is 2.91. The number of hydrogen-bond acceptors (Lipinski definition) is 4. The molecule has 1 aliphatic heterocycles. The van der Waals surface area contributed by atoms with E-state index in [0.717, 1.165) is 26.2 Å². The van der Waals surface area contributed by atoms with Crippen molar-refractivity contribution < 1.29 is 9.59 Å². The standard InChI is InChI=1S/C18H28N4O2.2ClH/c1-4-21(5-2)18(24)15-7-6-8-16(13-15)20-17(23)14(3)22-11-9-19-10-12-22;;/h6-8,13-14,19H,4-5,9-12H2,1-3H3,(H,20,23);2*1H. The minimum Gasteiger partial charge on any atom is -0.339 e. The number of piperazine rings is 1. The first kappa shape index (κ1) is 24.7. The summed E-state index contributed by atoms with van der Waals surface area (Å²) in [5.41, 5.74) is 1.27. The minimum atomic E-state index is -0.186. The van der Waals surface area contributed by atoms with Crippen molar-refractivity contribution in [1.82, 2.24) is 15.1 Å². The minimum absolute atomic E-state index is 0. The van der Waals surface area contributed by atoms with Gasteiger partial charge in [0.15, 0.2) is 0 Å². The lowest BCUT2D eigenvalue weighted by Gasteiger charge is -2.31. The Labute approximate surface area is 168 Å². The van der Waals surface area contributed by atoms with Crippen LogP contribution in [-0.2, 0) is 4.79 Å². The SMILES string of the molecule is CCN(CC)C(=O)c1cccc(NC(=O)C(C)N2CCNCC2)c1.Cl.Cl. The van der Waals surface area contributed by atoms with E-state index in [1.165, 1.54) is 0 Å². The smallest absolute Gasteiger partial charge is 0.253 e. The molecule has 1 heterocycles. The van der Waals surface area contributed by atoms with E-state index in [-0.39, 0.29) is 42.7 Å². The molecule has 1 aromatic rings. The second-order valence-corrected chi connectivity index (χ2v) is 6.01. The van der Waals surface area contributed by atoms with Crippen molar-refractivity contribution in [1.29, 1.82) is 0 Å². The number of anilines is 1. The van der Waals surface area contributed by atoms with Gasteiger partial charge in [0.2, 0.25) is 5.91 Å². The number of benzene rings is 1. The number of nitrogens with one attached hydrogen (secondary N) is 2. The first-order valence-electron chi connectivity index (χ1n) is 8.71. The molecule has 2 rings (SSSR count). The molecule has 1 fully saturated rings. The molecule has 2 amide bonds. The summed E-state index contributed by atoms with van der Waals surface area (Å²) in [6.07, 6.45) is 0. The first-order valence-corrected chi connectivity index (χ1v) is 8.71. The quantitative estimate of drug-likeness (QED) is 0.762. The number of halogens is 2. The zero-order chi connectivity index (χ0) is 17.5. The van der Waals surface area contributed by atoms with Gasteiger partial charge in [-0.3, -0.25) is 14.5 Å². The molecular formula is C18H30Cl2N4O2. The molecule has 0 aliphatic carbocycles. The van der Waals surface area contributed by atoms with Crippen LogP contribution in [0.15, 0.2) is 24.3 Å². The number of amides is 2. The zero-order valence-electron chi connectivity index (χ0n) is 15.7. The molecule has 0 aromatic heterocycles. The number of rotatable bonds is 6. The molecule has 0 bridgehead atoms. The summed E-state index contributed by atoms with van der Waals surface area (Å²) in [6, 6.07) is 6.98. The Morgan fingerprint density at radius 1 is 1.19 bits per heavy atom. The largest absolute Gasteiger partial charge is 0.339 e. The molecule has 0 spiro atoms. The molecule has 1 atom stereocenters. The van der Waals surface area contributed by atoms with E-state index in [2.05, 4.69) is 15.5 Å². The molecule has 0 saturated carbocycles. The van der Waals surface area contributed by atoms with Gasteiger partial charge in [0.25, 0.3) is 5.91 Å². The molecule has 1 aromatic carbocycles.